The summed E-state index contributed by atoms with van der Waals surface area (Å²) in [6.45, 7) is 4.20. The summed E-state index contributed by atoms with van der Waals surface area (Å²) < 4.78 is 0. The second-order valence-electron chi connectivity index (χ2n) is 7.99. The molecular weight excluding hydrogens is 380 g/mol. The van der Waals surface area contributed by atoms with Gasteiger partial charge in [0.1, 0.15) is 5.75 Å². The standard InChI is InChI=1S/C24H24N2O2S/c1-24(2)21(22(24)23(28)26-18-10-6-7-11-19(18)27)17-12-13-20(25-14-17)29-15-16-8-4-3-5-9-16/h3-14,21-22,27H,15H2,1-2H3,(H,26,28). The summed E-state index contributed by atoms with van der Waals surface area (Å²) in [5.74, 6) is 0.871. The van der Waals surface area contributed by atoms with Gasteiger partial charge in [0.15, 0.2) is 0 Å². The van der Waals surface area contributed by atoms with Gasteiger partial charge < -0.3 is 10.4 Å². The average molecular weight is 405 g/mol. The van der Waals surface area contributed by atoms with Crippen LogP contribution in [0.25, 0.3) is 0 Å². The minimum absolute atomic E-state index is 0.0657. The van der Waals surface area contributed by atoms with Gasteiger partial charge in [-0.1, -0.05) is 62.4 Å². The van der Waals surface area contributed by atoms with E-state index in [1.807, 2.05) is 30.5 Å². The summed E-state index contributed by atoms with van der Waals surface area (Å²) in [4.78, 5) is 17.4. The van der Waals surface area contributed by atoms with Crippen LogP contribution in [0.2, 0.25) is 0 Å². The lowest BCUT2D eigenvalue weighted by molar-refractivity contribution is -0.118. The van der Waals surface area contributed by atoms with Crippen LogP contribution >= 0.6 is 11.8 Å². The molecule has 1 fully saturated rings. The van der Waals surface area contributed by atoms with Crippen molar-refractivity contribution in [3.63, 3.8) is 0 Å². The van der Waals surface area contributed by atoms with Crippen molar-refractivity contribution in [1.82, 2.24) is 4.98 Å². The zero-order valence-corrected chi connectivity index (χ0v) is 17.3. The number of nitrogens with one attached hydrogen (secondary N) is 1. The third kappa shape index (κ3) is 4.15. The maximum absolute atomic E-state index is 12.8. The minimum atomic E-state index is -0.147. The number of hydrogen-bond acceptors (Lipinski definition) is 4. The molecule has 1 aliphatic rings. The van der Waals surface area contributed by atoms with Gasteiger partial charge in [-0.3, -0.25) is 4.79 Å². The number of amides is 1. The first-order valence-electron chi connectivity index (χ1n) is 9.68. The fourth-order valence-electron chi connectivity index (χ4n) is 3.93. The van der Waals surface area contributed by atoms with E-state index in [1.165, 1.54) is 5.56 Å². The Morgan fingerprint density at radius 2 is 1.79 bits per heavy atom. The second kappa shape index (κ2) is 7.91. The number of para-hydroxylation sites is 2. The molecule has 0 spiro atoms. The summed E-state index contributed by atoms with van der Waals surface area (Å²) in [6.07, 6.45) is 1.90. The summed E-state index contributed by atoms with van der Waals surface area (Å²) in [6, 6.07) is 21.3. The van der Waals surface area contributed by atoms with Gasteiger partial charge >= 0.3 is 0 Å². The molecule has 1 amide bonds. The van der Waals surface area contributed by atoms with E-state index in [1.54, 1.807) is 36.0 Å². The number of carbonyl (C=O) groups is 1. The molecule has 0 saturated heterocycles. The Kier molecular flexibility index (Phi) is 5.33. The van der Waals surface area contributed by atoms with Crippen LogP contribution < -0.4 is 5.32 Å². The highest BCUT2D eigenvalue weighted by Gasteiger charge is 2.62. The van der Waals surface area contributed by atoms with Crippen molar-refractivity contribution in [1.29, 1.82) is 0 Å². The smallest absolute Gasteiger partial charge is 0.228 e. The Bertz CT molecular complexity index is 1000. The molecule has 0 radical (unpaired) electrons. The van der Waals surface area contributed by atoms with Crippen LogP contribution in [0.4, 0.5) is 5.69 Å². The number of phenols is 1. The van der Waals surface area contributed by atoms with Gasteiger partial charge in [0.25, 0.3) is 0 Å². The third-order valence-corrected chi connectivity index (χ3v) is 6.63. The Hall–Kier alpha value is -2.79. The molecule has 1 aromatic heterocycles. The van der Waals surface area contributed by atoms with Crippen molar-refractivity contribution in [3.8, 4) is 5.75 Å². The monoisotopic (exact) mass is 404 g/mol. The van der Waals surface area contributed by atoms with Crippen LogP contribution in [0.5, 0.6) is 5.75 Å². The Labute approximate surface area is 175 Å². The number of pyridine rings is 1. The number of nitrogens with zero attached hydrogens (tertiary/aromatic N) is 1. The highest BCUT2D eigenvalue weighted by molar-refractivity contribution is 7.98. The molecule has 0 aliphatic heterocycles. The van der Waals surface area contributed by atoms with Gasteiger partial charge in [-0.25, -0.2) is 4.98 Å². The molecule has 0 bridgehead atoms. The van der Waals surface area contributed by atoms with E-state index in [0.29, 0.717) is 5.69 Å². The van der Waals surface area contributed by atoms with Gasteiger partial charge in [0.05, 0.1) is 16.6 Å². The van der Waals surface area contributed by atoms with Crippen LogP contribution in [0, 0.1) is 11.3 Å². The zero-order valence-electron chi connectivity index (χ0n) is 16.5. The summed E-state index contributed by atoms with van der Waals surface area (Å²) in [5.41, 5.74) is 2.66. The average Bonchev–Trinajstić information content (AvgIpc) is 3.31. The number of benzene rings is 2. The number of aromatic nitrogens is 1. The molecule has 1 saturated carbocycles. The lowest BCUT2D eigenvalue weighted by atomic mass is 10.1. The van der Waals surface area contributed by atoms with Crippen molar-refractivity contribution >= 4 is 23.4 Å². The summed E-state index contributed by atoms with van der Waals surface area (Å²) in [5, 5.41) is 13.8. The van der Waals surface area contributed by atoms with E-state index in [0.717, 1.165) is 16.3 Å². The zero-order chi connectivity index (χ0) is 20.4. The first-order chi connectivity index (χ1) is 14.0. The fraction of sp³-hybridized carbons (Fsp3) is 0.250. The predicted octanol–water partition coefficient (Wildman–Crippen LogP) is 5.46. The number of anilines is 1. The molecule has 29 heavy (non-hydrogen) atoms. The first-order valence-corrected chi connectivity index (χ1v) is 10.7. The Morgan fingerprint density at radius 3 is 2.48 bits per heavy atom. The SMILES string of the molecule is CC1(C)C(C(=O)Nc2ccccc2O)C1c1ccc(SCc2ccccc2)nc1. The van der Waals surface area contributed by atoms with Gasteiger partial charge in [0.2, 0.25) is 5.91 Å². The number of hydrogen-bond donors (Lipinski definition) is 2. The minimum Gasteiger partial charge on any atom is -0.506 e. The lowest BCUT2D eigenvalue weighted by Gasteiger charge is -2.07. The second-order valence-corrected chi connectivity index (χ2v) is 8.98. The van der Waals surface area contributed by atoms with E-state index in [2.05, 4.69) is 42.3 Å². The number of phenolic OH excluding ortho intramolecular Hbond substituents is 1. The van der Waals surface area contributed by atoms with Crippen molar-refractivity contribution in [2.24, 2.45) is 11.3 Å². The maximum atomic E-state index is 12.8. The molecule has 2 atom stereocenters. The van der Waals surface area contributed by atoms with Crippen molar-refractivity contribution in [3.05, 3.63) is 84.1 Å². The van der Waals surface area contributed by atoms with Crippen LogP contribution in [0.3, 0.4) is 0 Å². The maximum Gasteiger partial charge on any atom is 0.228 e. The van der Waals surface area contributed by atoms with E-state index < -0.39 is 0 Å². The van der Waals surface area contributed by atoms with Crippen LogP contribution in [-0.2, 0) is 10.5 Å². The van der Waals surface area contributed by atoms with Crippen molar-refractivity contribution in [2.75, 3.05) is 5.32 Å². The quantitative estimate of drug-likeness (QED) is 0.423. The number of thioether (sulfide) groups is 1. The summed E-state index contributed by atoms with van der Waals surface area (Å²) in [7, 11) is 0. The number of aromatic hydroxyl groups is 1. The molecule has 2 aromatic carbocycles. The third-order valence-electron chi connectivity index (χ3n) is 5.62. The highest BCUT2D eigenvalue weighted by atomic mass is 32.2. The van der Waals surface area contributed by atoms with Gasteiger partial charge in [-0.05, 0) is 34.7 Å². The molecule has 3 aromatic rings. The molecule has 2 unspecified atom stereocenters. The molecular formula is C24H24N2O2S. The van der Waals surface area contributed by atoms with E-state index in [-0.39, 0.29) is 28.9 Å². The molecule has 5 heteroatoms. The first kappa shape index (κ1) is 19.5. The van der Waals surface area contributed by atoms with E-state index in [9.17, 15) is 9.90 Å². The Morgan fingerprint density at radius 1 is 1.07 bits per heavy atom. The lowest BCUT2D eigenvalue weighted by Crippen LogP contribution is -2.16. The van der Waals surface area contributed by atoms with Crippen molar-refractivity contribution in [2.45, 2.75) is 30.5 Å². The molecule has 1 aliphatic carbocycles. The topological polar surface area (TPSA) is 62.2 Å². The Balaban J connectivity index is 1.41. The van der Waals surface area contributed by atoms with Crippen LogP contribution in [0.15, 0.2) is 78.0 Å². The molecule has 2 N–H and O–H groups in total. The normalized spacial score (nSPS) is 19.5. The molecule has 148 valence electrons. The number of rotatable bonds is 6. The highest BCUT2D eigenvalue weighted by Crippen LogP contribution is 2.64. The predicted molar refractivity (Wildman–Crippen MR) is 117 cm³/mol. The van der Waals surface area contributed by atoms with Crippen LogP contribution in [0.1, 0.15) is 30.9 Å². The van der Waals surface area contributed by atoms with Crippen LogP contribution in [-0.4, -0.2) is 16.0 Å². The van der Waals surface area contributed by atoms with E-state index >= 15 is 0 Å². The summed E-state index contributed by atoms with van der Waals surface area (Å²) >= 11 is 1.71. The largest absolute Gasteiger partial charge is 0.506 e. The number of carbonyl (C=O) groups excluding carboxylic acids is 1. The molecule has 1 heterocycles. The fourth-order valence-corrected chi connectivity index (χ4v) is 4.73. The van der Waals surface area contributed by atoms with Gasteiger partial charge in [-0.2, -0.15) is 0 Å². The van der Waals surface area contributed by atoms with Gasteiger partial charge in [-0.15, -0.1) is 11.8 Å². The molecule has 4 nitrogen and oxygen atoms in total. The van der Waals surface area contributed by atoms with E-state index in [4.69, 9.17) is 0 Å². The van der Waals surface area contributed by atoms with Gasteiger partial charge in [0, 0.05) is 17.9 Å². The van der Waals surface area contributed by atoms with Crippen molar-refractivity contribution < 1.29 is 9.90 Å². The molecule has 4 rings (SSSR count).